The fourth-order valence-corrected chi connectivity index (χ4v) is 3.78. The summed E-state index contributed by atoms with van der Waals surface area (Å²) in [5.41, 5.74) is 3.87. The standard InChI is InChI=1S/C23H27N5O2/c1-4-8-22-25-21(12-11-18-9-6-5-7-10-18)23(29)28(22)19-13-24-27(14-19)15-20-16(2)26-30-17(20)3/h5-10,13-14,21,25H,4,11-12,15H2,1-3H3/b22-8-. The van der Waals surface area contributed by atoms with E-state index in [2.05, 4.69) is 34.6 Å². The van der Waals surface area contributed by atoms with Crippen LogP contribution >= 0.6 is 0 Å². The molecular formula is C23H27N5O2. The zero-order valence-electron chi connectivity index (χ0n) is 17.6. The Hall–Kier alpha value is -3.35. The van der Waals surface area contributed by atoms with E-state index in [9.17, 15) is 4.79 Å². The first-order chi connectivity index (χ1) is 14.6. The number of aromatic nitrogens is 3. The van der Waals surface area contributed by atoms with Crippen LogP contribution in [0.1, 0.15) is 42.3 Å². The lowest BCUT2D eigenvalue weighted by atomic mass is 10.1. The largest absolute Gasteiger partial charge is 0.361 e. The molecule has 3 aromatic rings. The molecule has 1 unspecified atom stereocenters. The van der Waals surface area contributed by atoms with Crippen LogP contribution in [0.2, 0.25) is 0 Å². The fraction of sp³-hybridized carbons (Fsp3) is 0.348. The number of carbonyl (C=O) groups is 1. The molecule has 1 aliphatic rings. The molecule has 4 rings (SSSR count). The number of amides is 1. The Bertz CT molecular complexity index is 1030. The SMILES string of the molecule is CC/C=C1/NC(CCc2ccccc2)C(=O)N1c1cnn(Cc2c(C)noc2C)c1. The molecule has 0 bridgehead atoms. The molecule has 1 atom stereocenters. The number of allylic oxidation sites excluding steroid dienone is 1. The number of hydrogen-bond donors (Lipinski definition) is 1. The first-order valence-electron chi connectivity index (χ1n) is 10.4. The second kappa shape index (κ2) is 8.57. The Labute approximate surface area is 176 Å². The van der Waals surface area contributed by atoms with E-state index in [0.29, 0.717) is 6.54 Å². The van der Waals surface area contributed by atoms with Crippen molar-refractivity contribution in [2.24, 2.45) is 0 Å². The maximum atomic E-state index is 13.2. The molecule has 30 heavy (non-hydrogen) atoms. The summed E-state index contributed by atoms with van der Waals surface area (Å²) in [6.45, 7) is 6.44. The molecular weight excluding hydrogens is 378 g/mol. The van der Waals surface area contributed by atoms with Crippen LogP contribution in [-0.4, -0.2) is 26.9 Å². The van der Waals surface area contributed by atoms with Crippen molar-refractivity contribution in [2.45, 2.75) is 52.6 Å². The third kappa shape index (κ3) is 4.01. The van der Waals surface area contributed by atoms with E-state index in [1.54, 1.807) is 11.1 Å². The minimum atomic E-state index is -0.242. The lowest BCUT2D eigenvalue weighted by Crippen LogP contribution is -2.30. The monoisotopic (exact) mass is 405 g/mol. The van der Waals surface area contributed by atoms with Crippen molar-refractivity contribution in [1.82, 2.24) is 20.3 Å². The van der Waals surface area contributed by atoms with E-state index in [4.69, 9.17) is 4.52 Å². The molecule has 0 radical (unpaired) electrons. The van der Waals surface area contributed by atoms with Crippen molar-refractivity contribution < 1.29 is 9.32 Å². The second-order valence-corrected chi connectivity index (χ2v) is 7.59. The molecule has 2 aromatic heterocycles. The van der Waals surface area contributed by atoms with Crippen LogP contribution in [0.3, 0.4) is 0 Å². The molecule has 0 aliphatic carbocycles. The van der Waals surface area contributed by atoms with Crippen molar-refractivity contribution >= 4 is 11.6 Å². The lowest BCUT2D eigenvalue weighted by molar-refractivity contribution is -0.118. The summed E-state index contributed by atoms with van der Waals surface area (Å²) >= 11 is 0. The summed E-state index contributed by atoms with van der Waals surface area (Å²) in [5, 5.41) is 11.9. The maximum absolute atomic E-state index is 13.2. The summed E-state index contributed by atoms with van der Waals surface area (Å²) in [5.74, 6) is 1.68. The van der Waals surface area contributed by atoms with Gasteiger partial charge in [0.1, 0.15) is 17.6 Å². The predicted octanol–water partition coefficient (Wildman–Crippen LogP) is 3.73. The summed E-state index contributed by atoms with van der Waals surface area (Å²) in [4.78, 5) is 15.0. The van der Waals surface area contributed by atoms with Crippen LogP contribution in [0.15, 0.2) is 59.1 Å². The quantitative estimate of drug-likeness (QED) is 0.648. The molecule has 1 aliphatic heterocycles. The fourth-order valence-electron chi connectivity index (χ4n) is 3.78. The molecule has 7 heteroatoms. The van der Waals surface area contributed by atoms with Gasteiger partial charge in [-0.1, -0.05) is 42.4 Å². The van der Waals surface area contributed by atoms with Gasteiger partial charge in [-0.25, -0.2) is 0 Å². The molecule has 0 spiro atoms. The zero-order valence-corrected chi connectivity index (χ0v) is 17.6. The van der Waals surface area contributed by atoms with E-state index in [0.717, 1.165) is 47.8 Å². The normalized spacial score (nSPS) is 17.7. The third-order valence-electron chi connectivity index (χ3n) is 5.42. The van der Waals surface area contributed by atoms with Crippen LogP contribution in [0.5, 0.6) is 0 Å². The van der Waals surface area contributed by atoms with Gasteiger partial charge in [0, 0.05) is 11.8 Å². The van der Waals surface area contributed by atoms with E-state index < -0.39 is 0 Å². The average Bonchev–Trinajstić information content (AvgIpc) is 3.42. The van der Waals surface area contributed by atoms with Crippen LogP contribution in [0.25, 0.3) is 0 Å². The minimum absolute atomic E-state index is 0.0579. The molecule has 1 saturated heterocycles. The Morgan fingerprint density at radius 1 is 1.23 bits per heavy atom. The van der Waals surface area contributed by atoms with E-state index in [1.807, 2.05) is 49.0 Å². The van der Waals surface area contributed by atoms with Gasteiger partial charge in [0.25, 0.3) is 5.91 Å². The number of nitrogens with zero attached hydrogens (tertiary/aromatic N) is 4. The van der Waals surface area contributed by atoms with Gasteiger partial charge in [-0.15, -0.1) is 0 Å². The number of hydrogen-bond acceptors (Lipinski definition) is 5. The van der Waals surface area contributed by atoms with Gasteiger partial charge < -0.3 is 9.84 Å². The highest BCUT2D eigenvalue weighted by atomic mass is 16.5. The zero-order chi connectivity index (χ0) is 21.1. The Balaban J connectivity index is 1.51. The molecule has 0 saturated carbocycles. The van der Waals surface area contributed by atoms with Gasteiger partial charge in [0.15, 0.2) is 0 Å². The number of aryl methyl sites for hydroxylation is 3. The van der Waals surface area contributed by atoms with Gasteiger partial charge in [-0.05, 0) is 44.7 Å². The molecule has 1 N–H and O–H groups in total. The molecule has 1 aromatic carbocycles. The van der Waals surface area contributed by atoms with E-state index >= 15 is 0 Å². The number of carbonyl (C=O) groups excluding carboxylic acids is 1. The topological polar surface area (TPSA) is 76.2 Å². The van der Waals surface area contributed by atoms with Crippen molar-refractivity contribution in [2.75, 3.05) is 4.90 Å². The summed E-state index contributed by atoms with van der Waals surface area (Å²) in [7, 11) is 0. The van der Waals surface area contributed by atoms with Crippen molar-refractivity contribution in [3.8, 4) is 0 Å². The Morgan fingerprint density at radius 2 is 2.03 bits per heavy atom. The van der Waals surface area contributed by atoms with Crippen molar-refractivity contribution in [3.63, 3.8) is 0 Å². The molecule has 1 fully saturated rings. The average molecular weight is 406 g/mol. The Kier molecular flexibility index (Phi) is 5.70. The molecule has 7 nitrogen and oxygen atoms in total. The smallest absolute Gasteiger partial charge is 0.255 e. The lowest BCUT2D eigenvalue weighted by Gasteiger charge is -2.14. The van der Waals surface area contributed by atoms with Crippen LogP contribution < -0.4 is 10.2 Å². The molecule has 156 valence electrons. The number of benzene rings is 1. The minimum Gasteiger partial charge on any atom is -0.361 e. The van der Waals surface area contributed by atoms with Gasteiger partial charge in [0.2, 0.25) is 0 Å². The predicted molar refractivity (Wildman–Crippen MR) is 115 cm³/mol. The first-order valence-corrected chi connectivity index (χ1v) is 10.4. The van der Waals surface area contributed by atoms with Crippen LogP contribution in [0, 0.1) is 13.8 Å². The van der Waals surface area contributed by atoms with E-state index in [1.165, 1.54) is 5.56 Å². The van der Waals surface area contributed by atoms with Crippen LogP contribution in [-0.2, 0) is 17.8 Å². The summed E-state index contributed by atoms with van der Waals surface area (Å²) < 4.78 is 7.06. The second-order valence-electron chi connectivity index (χ2n) is 7.59. The van der Waals surface area contributed by atoms with Gasteiger partial charge in [0.05, 0.1) is 24.1 Å². The molecule has 3 heterocycles. The highest BCUT2D eigenvalue weighted by Crippen LogP contribution is 2.26. The van der Waals surface area contributed by atoms with Crippen molar-refractivity contribution in [1.29, 1.82) is 0 Å². The number of nitrogens with one attached hydrogen (secondary N) is 1. The first kappa shape index (κ1) is 19.9. The summed E-state index contributed by atoms with van der Waals surface area (Å²) in [6.07, 6.45) is 8.11. The van der Waals surface area contributed by atoms with Gasteiger partial charge >= 0.3 is 0 Å². The highest BCUT2D eigenvalue weighted by molar-refractivity contribution is 6.02. The van der Waals surface area contributed by atoms with Crippen molar-refractivity contribution in [3.05, 3.63) is 77.2 Å². The maximum Gasteiger partial charge on any atom is 0.255 e. The Morgan fingerprint density at radius 3 is 2.73 bits per heavy atom. The summed E-state index contributed by atoms with van der Waals surface area (Å²) in [6, 6.07) is 10.0. The third-order valence-corrected chi connectivity index (χ3v) is 5.42. The highest BCUT2D eigenvalue weighted by Gasteiger charge is 2.36. The number of anilines is 1. The number of rotatable bonds is 7. The molecule has 1 amide bonds. The van der Waals surface area contributed by atoms with Crippen LogP contribution in [0.4, 0.5) is 5.69 Å². The van der Waals surface area contributed by atoms with Gasteiger partial charge in [-0.3, -0.25) is 14.4 Å². The van der Waals surface area contributed by atoms with E-state index in [-0.39, 0.29) is 11.9 Å². The van der Waals surface area contributed by atoms with Gasteiger partial charge in [-0.2, -0.15) is 5.10 Å².